The minimum Gasteiger partial charge on any atom is -0.339 e. The number of likely N-dealkylation sites (tertiary alicyclic amines) is 1. The Balaban J connectivity index is 1.94. The number of carbonyl (C=O) groups is 1. The Hall–Kier alpha value is -1.06. The Morgan fingerprint density at radius 3 is 2.65 bits per heavy atom. The molecule has 0 saturated carbocycles. The summed E-state index contributed by atoms with van der Waals surface area (Å²) in [6, 6.07) is 5.56. The second-order valence-electron chi connectivity index (χ2n) is 5.65. The molecule has 1 fully saturated rings. The predicted molar refractivity (Wildman–Crippen MR) is 83.4 cm³/mol. The Kier molecular flexibility index (Phi) is 5.44. The Bertz CT molecular complexity index is 447. The van der Waals surface area contributed by atoms with Gasteiger partial charge in [-0.3, -0.25) is 4.79 Å². The third-order valence-corrected chi connectivity index (χ3v) is 4.21. The van der Waals surface area contributed by atoms with Crippen molar-refractivity contribution in [3.05, 3.63) is 34.3 Å². The number of carbonyl (C=O) groups excluding carboxylic acids is 1. The minimum atomic E-state index is 0.114. The summed E-state index contributed by atoms with van der Waals surface area (Å²) in [4.78, 5) is 14.4. The van der Waals surface area contributed by atoms with Gasteiger partial charge in [0, 0.05) is 23.7 Å². The lowest BCUT2D eigenvalue weighted by molar-refractivity contribution is 0.0687. The summed E-state index contributed by atoms with van der Waals surface area (Å²) in [5.41, 5.74) is 1.74. The first kappa shape index (κ1) is 15.3. The number of halogens is 1. The van der Waals surface area contributed by atoms with Gasteiger partial charge in [0.25, 0.3) is 5.91 Å². The van der Waals surface area contributed by atoms with E-state index in [0.29, 0.717) is 10.6 Å². The minimum absolute atomic E-state index is 0.114. The molecule has 1 aromatic rings. The molecule has 2 rings (SSSR count). The number of hydrogen-bond acceptors (Lipinski definition) is 2. The van der Waals surface area contributed by atoms with Gasteiger partial charge < -0.3 is 10.2 Å². The van der Waals surface area contributed by atoms with Crippen LogP contribution in [0.2, 0.25) is 5.02 Å². The van der Waals surface area contributed by atoms with Gasteiger partial charge in [-0.2, -0.15) is 0 Å². The number of nitrogens with zero attached hydrogens (tertiary/aromatic N) is 1. The fourth-order valence-electron chi connectivity index (χ4n) is 2.82. The summed E-state index contributed by atoms with van der Waals surface area (Å²) in [7, 11) is 1.99. The van der Waals surface area contributed by atoms with Crippen LogP contribution in [0.5, 0.6) is 0 Å². The highest BCUT2D eigenvalue weighted by Crippen LogP contribution is 2.23. The van der Waals surface area contributed by atoms with Crippen LogP contribution in [0.25, 0.3) is 0 Å². The maximum Gasteiger partial charge on any atom is 0.253 e. The normalized spacial score (nSPS) is 16.4. The molecule has 0 bridgehead atoms. The zero-order valence-corrected chi connectivity index (χ0v) is 13.0. The summed E-state index contributed by atoms with van der Waals surface area (Å²) in [6.07, 6.45) is 3.41. The summed E-state index contributed by atoms with van der Waals surface area (Å²) >= 11 is 6.04. The van der Waals surface area contributed by atoms with Crippen molar-refractivity contribution in [2.75, 3.05) is 26.7 Å². The van der Waals surface area contributed by atoms with Crippen LogP contribution in [0.4, 0.5) is 0 Å². The van der Waals surface area contributed by atoms with Crippen LogP contribution < -0.4 is 5.32 Å². The molecule has 4 heteroatoms. The van der Waals surface area contributed by atoms with E-state index in [4.69, 9.17) is 11.6 Å². The molecule has 0 radical (unpaired) electrons. The molecule has 1 aliphatic rings. The number of amides is 1. The Morgan fingerprint density at radius 2 is 2.05 bits per heavy atom. The van der Waals surface area contributed by atoms with E-state index in [1.165, 1.54) is 6.42 Å². The molecule has 110 valence electrons. The standard InChI is InChI=1S/C16H23ClN2O/c1-12-9-14(11-15(17)10-12)16(20)19-7-4-13(5-8-19)3-6-18-2/h9-11,13,18H,3-8H2,1-2H3. The van der Waals surface area contributed by atoms with Gasteiger partial charge >= 0.3 is 0 Å². The van der Waals surface area contributed by atoms with Gasteiger partial charge in [-0.1, -0.05) is 11.6 Å². The van der Waals surface area contributed by atoms with Crippen molar-refractivity contribution >= 4 is 17.5 Å². The fourth-order valence-corrected chi connectivity index (χ4v) is 3.11. The molecule has 0 aromatic heterocycles. The van der Waals surface area contributed by atoms with Crippen LogP contribution in [0, 0.1) is 12.8 Å². The van der Waals surface area contributed by atoms with Crippen LogP contribution >= 0.6 is 11.6 Å². The zero-order chi connectivity index (χ0) is 14.5. The second kappa shape index (κ2) is 7.09. The van der Waals surface area contributed by atoms with E-state index < -0.39 is 0 Å². The number of hydrogen-bond donors (Lipinski definition) is 1. The molecule has 0 spiro atoms. The fraction of sp³-hybridized carbons (Fsp3) is 0.562. The third kappa shape index (κ3) is 3.97. The largest absolute Gasteiger partial charge is 0.339 e. The van der Waals surface area contributed by atoms with Crippen LogP contribution in [0.15, 0.2) is 18.2 Å². The van der Waals surface area contributed by atoms with Gasteiger partial charge in [-0.05, 0) is 69.5 Å². The molecular formula is C16H23ClN2O. The van der Waals surface area contributed by atoms with E-state index in [-0.39, 0.29) is 5.91 Å². The van der Waals surface area contributed by atoms with E-state index in [2.05, 4.69) is 5.32 Å². The van der Waals surface area contributed by atoms with Crippen molar-refractivity contribution in [2.45, 2.75) is 26.2 Å². The molecule has 1 aromatic carbocycles. The second-order valence-corrected chi connectivity index (χ2v) is 6.08. The molecule has 3 nitrogen and oxygen atoms in total. The highest BCUT2D eigenvalue weighted by atomic mass is 35.5. The molecule has 1 aliphatic heterocycles. The molecule has 20 heavy (non-hydrogen) atoms. The summed E-state index contributed by atoms with van der Waals surface area (Å²) in [6.45, 7) is 4.75. The van der Waals surface area contributed by atoms with E-state index in [9.17, 15) is 4.79 Å². The van der Waals surface area contributed by atoms with Crippen molar-refractivity contribution in [3.63, 3.8) is 0 Å². The Morgan fingerprint density at radius 1 is 1.35 bits per heavy atom. The molecular weight excluding hydrogens is 272 g/mol. The van der Waals surface area contributed by atoms with Gasteiger partial charge in [0.05, 0.1) is 0 Å². The summed E-state index contributed by atoms with van der Waals surface area (Å²) in [5, 5.41) is 3.83. The van der Waals surface area contributed by atoms with Gasteiger partial charge in [0.1, 0.15) is 0 Å². The number of nitrogens with one attached hydrogen (secondary N) is 1. The van der Waals surface area contributed by atoms with Crippen LogP contribution in [0.1, 0.15) is 35.2 Å². The number of aryl methyl sites for hydroxylation is 1. The van der Waals surface area contributed by atoms with E-state index in [0.717, 1.165) is 44.0 Å². The lowest BCUT2D eigenvalue weighted by Gasteiger charge is -2.32. The number of rotatable bonds is 4. The maximum absolute atomic E-state index is 12.5. The first-order chi connectivity index (χ1) is 9.60. The van der Waals surface area contributed by atoms with Crippen molar-refractivity contribution in [2.24, 2.45) is 5.92 Å². The van der Waals surface area contributed by atoms with Crippen molar-refractivity contribution in [3.8, 4) is 0 Å². The van der Waals surface area contributed by atoms with Gasteiger partial charge in [0.2, 0.25) is 0 Å². The molecule has 1 N–H and O–H groups in total. The average molecular weight is 295 g/mol. The van der Waals surface area contributed by atoms with Crippen LogP contribution in [-0.4, -0.2) is 37.5 Å². The number of piperidine rings is 1. The van der Waals surface area contributed by atoms with Gasteiger partial charge in [0.15, 0.2) is 0 Å². The molecule has 0 unspecified atom stereocenters. The lowest BCUT2D eigenvalue weighted by Crippen LogP contribution is -2.39. The monoisotopic (exact) mass is 294 g/mol. The summed E-state index contributed by atoms with van der Waals surface area (Å²) in [5.74, 6) is 0.857. The van der Waals surface area contributed by atoms with Crippen LogP contribution in [-0.2, 0) is 0 Å². The maximum atomic E-state index is 12.5. The first-order valence-corrected chi connectivity index (χ1v) is 7.69. The quantitative estimate of drug-likeness (QED) is 0.925. The zero-order valence-electron chi connectivity index (χ0n) is 12.3. The van der Waals surface area contributed by atoms with E-state index in [1.807, 2.05) is 31.0 Å². The first-order valence-electron chi connectivity index (χ1n) is 7.31. The highest BCUT2D eigenvalue weighted by Gasteiger charge is 2.23. The average Bonchev–Trinajstić information content (AvgIpc) is 2.44. The van der Waals surface area contributed by atoms with Crippen molar-refractivity contribution in [1.29, 1.82) is 0 Å². The van der Waals surface area contributed by atoms with Crippen LogP contribution in [0.3, 0.4) is 0 Å². The molecule has 1 amide bonds. The lowest BCUT2D eigenvalue weighted by atomic mass is 9.93. The van der Waals surface area contributed by atoms with E-state index >= 15 is 0 Å². The SMILES string of the molecule is CNCCC1CCN(C(=O)c2cc(C)cc(Cl)c2)CC1. The van der Waals surface area contributed by atoms with Gasteiger partial charge in [-0.15, -0.1) is 0 Å². The summed E-state index contributed by atoms with van der Waals surface area (Å²) < 4.78 is 0. The molecule has 0 atom stereocenters. The number of benzene rings is 1. The van der Waals surface area contributed by atoms with E-state index in [1.54, 1.807) is 6.07 Å². The predicted octanol–water partition coefficient (Wildman–Crippen LogP) is 3.11. The van der Waals surface area contributed by atoms with Gasteiger partial charge in [-0.25, -0.2) is 0 Å². The third-order valence-electron chi connectivity index (χ3n) is 3.99. The topological polar surface area (TPSA) is 32.3 Å². The molecule has 1 saturated heterocycles. The van der Waals surface area contributed by atoms with Crippen molar-refractivity contribution in [1.82, 2.24) is 10.2 Å². The molecule has 1 heterocycles. The van der Waals surface area contributed by atoms with Crippen molar-refractivity contribution < 1.29 is 4.79 Å². The molecule has 0 aliphatic carbocycles. The highest BCUT2D eigenvalue weighted by molar-refractivity contribution is 6.31. The smallest absolute Gasteiger partial charge is 0.253 e. The Labute approximate surface area is 126 Å².